The van der Waals surface area contributed by atoms with Crippen molar-refractivity contribution in [1.29, 1.82) is 0 Å². The van der Waals surface area contributed by atoms with E-state index >= 15 is 0 Å². The highest BCUT2D eigenvalue weighted by Gasteiger charge is 2.31. The van der Waals surface area contributed by atoms with Gasteiger partial charge in [0.05, 0.1) is 25.3 Å². The van der Waals surface area contributed by atoms with Crippen LogP contribution >= 0.6 is 0 Å². The molecular weight excluding hydrogens is 469 g/mol. The number of piperazine rings is 1. The summed E-state index contributed by atoms with van der Waals surface area (Å²) < 4.78 is 50.7. The standard InChI is InChI=1S/C27H31F3N4O2/c1-35-23-16-21-22(17-24(23)36-2)31-25(18-7-4-3-5-8-18)32-26(21)34-13-11-33(12-14-34)20-10-6-9-19(15-20)27(28,29)30/h6,9-10,15-18H,3-5,7-8,11-14H2,1-2H3. The molecule has 9 heteroatoms. The van der Waals surface area contributed by atoms with Crippen LogP contribution in [0.2, 0.25) is 0 Å². The zero-order chi connectivity index (χ0) is 25.3. The fourth-order valence-electron chi connectivity index (χ4n) is 5.30. The Morgan fingerprint density at radius 3 is 2.17 bits per heavy atom. The predicted molar refractivity (Wildman–Crippen MR) is 134 cm³/mol. The molecule has 0 radical (unpaired) electrons. The first-order valence-electron chi connectivity index (χ1n) is 12.5. The van der Waals surface area contributed by atoms with Gasteiger partial charge in [0.15, 0.2) is 11.5 Å². The molecule has 0 bridgehead atoms. The third kappa shape index (κ3) is 4.88. The minimum absolute atomic E-state index is 0.335. The fourth-order valence-corrected chi connectivity index (χ4v) is 5.30. The molecule has 3 aromatic rings. The molecule has 2 fully saturated rings. The SMILES string of the molecule is COc1cc2nc(C3CCCCC3)nc(N3CCN(c4cccc(C(F)(F)F)c4)CC3)c2cc1OC. The third-order valence-electron chi connectivity index (χ3n) is 7.29. The van der Waals surface area contributed by atoms with Crippen molar-refractivity contribution in [3.8, 4) is 11.5 Å². The molecule has 6 nitrogen and oxygen atoms in total. The molecule has 1 aliphatic heterocycles. The Balaban J connectivity index is 1.46. The van der Waals surface area contributed by atoms with Crippen LogP contribution in [0, 0.1) is 0 Å². The molecule has 2 aliphatic rings. The highest BCUT2D eigenvalue weighted by molar-refractivity contribution is 5.92. The molecular formula is C27H31F3N4O2. The molecule has 0 unspecified atom stereocenters. The summed E-state index contributed by atoms with van der Waals surface area (Å²) in [5.41, 5.74) is 0.784. The number of alkyl halides is 3. The van der Waals surface area contributed by atoms with Crippen molar-refractivity contribution in [1.82, 2.24) is 9.97 Å². The average molecular weight is 501 g/mol. The van der Waals surface area contributed by atoms with Crippen molar-refractivity contribution in [2.24, 2.45) is 0 Å². The van der Waals surface area contributed by atoms with E-state index < -0.39 is 11.7 Å². The van der Waals surface area contributed by atoms with Crippen molar-refractivity contribution in [3.63, 3.8) is 0 Å². The van der Waals surface area contributed by atoms with E-state index in [1.54, 1.807) is 20.3 Å². The number of nitrogens with zero attached hydrogens (tertiary/aromatic N) is 4. The Morgan fingerprint density at radius 2 is 1.50 bits per heavy atom. The van der Waals surface area contributed by atoms with E-state index in [1.165, 1.54) is 31.4 Å². The van der Waals surface area contributed by atoms with Crippen molar-refractivity contribution >= 4 is 22.4 Å². The van der Waals surface area contributed by atoms with Gasteiger partial charge in [0, 0.05) is 49.2 Å². The number of ether oxygens (including phenoxy) is 2. The molecule has 1 saturated heterocycles. The maximum Gasteiger partial charge on any atom is 0.416 e. The van der Waals surface area contributed by atoms with E-state index in [0.717, 1.165) is 41.5 Å². The molecule has 192 valence electrons. The summed E-state index contributed by atoms with van der Waals surface area (Å²) in [6.45, 7) is 2.47. The third-order valence-corrected chi connectivity index (χ3v) is 7.29. The van der Waals surface area contributed by atoms with Gasteiger partial charge in [0.25, 0.3) is 0 Å². The Kier molecular flexibility index (Phi) is 6.81. The summed E-state index contributed by atoms with van der Waals surface area (Å²) in [6.07, 6.45) is 1.43. The monoisotopic (exact) mass is 500 g/mol. The molecule has 0 atom stereocenters. The fraction of sp³-hybridized carbons (Fsp3) is 0.481. The number of benzene rings is 2. The van der Waals surface area contributed by atoms with Crippen LogP contribution in [0.25, 0.3) is 10.9 Å². The van der Waals surface area contributed by atoms with Crippen LogP contribution in [0.1, 0.15) is 49.4 Å². The predicted octanol–water partition coefficient (Wildman–Crippen LogP) is 6.04. The second-order valence-electron chi connectivity index (χ2n) is 9.49. The quantitative estimate of drug-likeness (QED) is 0.426. The van der Waals surface area contributed by atoms with Gasteiger partial charge in [0.1, 0.15) is 11.6 Å². The van der Waals surface area contributed by atoms with Crippen LogP contribution in [0.3, 0.4) is 0 Å². The summed E-state index contributed by atoms with van der Waals surface area (Å²) in [5.74, 6) is 3.29. The molecule has 1 aliphatic carbocycles. The lowest BCUT2D eigenvalue weighted by molar-refractivity contribution is -0.137. The summed E-state index contributed by atoms with van der Waals surface area (Å²) >= 11 is 0. The molecule has 0 N–H and O–H groups in total. The van der Waals surface area contributed by atoms with Gasteiger partial charge in [-0.05, 0) is 37.1 Å². The van der Waals surface area contributed by atoms with Gasteiger partial charge < -0.3 is 19.3 Å². The Labute approximate surface area is 209 Å². The summed E-state index contributed by atoms with van der Waals surface area (Å²) in [6, 6.07) is 9.38. The van der Waals surface area contributed by atoms with Crippen LogP contribution in [-0.4, -0.2) is 50.4 Å². The Hall–Kier alpha value is -3.23. The number of aromatic nitrogens is 2. The minimum atomic E-state index is -4.35. The van der Waals surface area contributed by atoms with Crippen molar-refractivity contribution < 1.29 is 22.6 Å². The van der Waals surface area contributed by atoms with E-state index in [0.29, 0.717) is 49.3 Å². The molecule has 5 rings (SSSR count). The number of hydrogen-bond donors (Lipinski definition) is 0. The number of anilines is 2. The van der Waals surface area contributed by atoms with Crippen LogP contribution in [0.15, 0.2) is 36.4 Å². The maximum absolute atomic E-state index is 13.2. The van der Waals surface area contributed by atoms with Crippen molar-refractivity contribution in [3.05, 3.63) is 47.8 Å². The van der Waals surface area contributed by atoms with Gasteiger partial charge in [-0.1, -0.05) is 25.3 Å². The van der Waals surface area contributed by atoms with E-state index in [1.807, 2.05) is 17.0 Å². The first-order chi connectivity index (χ1) is 17.4. The molecule has 2 heterocycles. The van der Waals surface area contributed by atoms with Gasteiger partial charge in [0.2, 0.25) is 0 Å². The largest absolute Gasteiger partial charge is 0.493 e. The normalized spacial score (nSPS) is 17.5. The molecule has 2 aromatic carbocycles. The van der Waals surface area contributed by atoms with E-state index in [9.17, 15) is 13.2 Å². The average Bonchev–Trinajstić information content (AvgIpc) is 2.91. The first-order valence-corrected chi connectivity index (χ1v) is 12.5. The summed E-state index contributed by atoms with van der Waals surface area (Å²) in [4.78, 5) is 14.2. The van der Waals surface area contributed by atoms with Crippen LogP contribution in [0.5, 0.6) is 11.5 Å². The number of rotatable bonds is 5. The second kappa shape index (κ2) is 10.0. The van der Waals surface area contributed by atoms with Crippen LogP contribution in [-0.2, 0) is 6.18 Å². The first kappa shape index (κ1) is 24.5. The molecule has 0 amide bonds. The summed E-state index contributed by atoms with van der Waals surface area (Å²) in [7, 11) is 3.22. The van der Waals surface area contributed by atoms with Crippen molar-refractivity contribution in [2.45, 2.75) is 44.2 Å². The van der Waals surface area contributed by atoms with Crippen LogP contribution < -0.4 is 19.3 Å². The van der Waals surface area contributed by atoms with Gasteiger partial charge >= 0.3 is 6.18 Å². The van der Waals surface area contributed by atoms with Gasteiger partial charge in [-0.3, -0.25) is 0 Å². The van der Waals surface area contributed by atoms with Crippen LogP contribution in [0.4, 0.5) is 24.7 Å². The minimum Gasteiger partial charge on any atom is -0.493 e. The lowest BCUT2D eigenvalue weighted by Gasteiger charge is -2.37. The lowest BCUT2D eigenvalue weighted by Crippen LogP contribution is -2.47. The highest BCUT2D eigenvalue weighted by atomic mass is 19.4. The highest BCUT2D eigenvalue weighted by Crippen LogP contribution is 2.39. The maximum atomic E-state index is 13.2. The topological polar surface area (TPSA) is 50.7 Å². The Bertz CT molecular complexity index is 1220. The number of fused-ring (bicyclic) bond motifs is 1. The zero-order valence-corrected chi connectivity index (χ0v) is 20.6. The number of halogens is 3. The van der Waals surface area contributed by atoms with Gasteiger partial charge in [-0.15, -0.1) is 0 Å². The zero-order valence-electron chi connectivity index (χ0n) is 20.6. The molecule has 0 spiro atoms. The van der Waals surface area contributed by atoms with Gasteiger partial charge in [-0.2, -0.15) is 13.2 Å². The Morgan fingerprint density at radius 1 is 0.833 bits per heavy atom. The van der Waals surface area contributed by atoms with Gasteiger partial charge in [-0.25, -0.2) is 9.97 Å². The molecule has 1 aromatic heterocycles. The summed E-state index contributed by atoms with van der Waals surface area (Å²) in [5, 5.41) is 0.889. The molecule has 1 saturated carbocycles. The van der Waals surface area contributed by atoms with E-state index in [2.05, 4.69) is 4.90 Å². The second-order valence-corrected chi connectivity index (χ2v) is 9.49. The number of hydrogen-bond acceptors (Lipinski definition) is 6. The van der Waals surface area contributed by atoms with Crippen molar-refractivity contribution in [2.75, 3.05) is 50.2 Å². The molecule has 36 heavy (non-hydrogen) atoms. The smallest absolute Gasteiger partial charge is 0.416 e. The van der Waals surface area contributed by atoms with E-state index in [4.69, 9.17) is 19.4 Å². The number of methoxy groups -OCH3 is 2. The lowest BCUT2D eigenvalue weighted by atomic mass is 9.88. The van der Waals surface area contributed by atoms with E-state index in [-0.39, 0.29) is 0 Å².